The second-order valence-electron chi connectivity index (χ2n) is 9.62. The van der Waals surface area contributed by atoms with Crippen LogP contribution in [0.5, 0.6) is 0 Å². The highest BCUT2D eigenvalue weighted by atomic mass is 16.4. The lowest BCUT2D eigenvalue weighted by atomic mass is 9.41. The lowest BCUT2D eigenvalue weighted by Crippen LogP contribution is -2.59. The van der Waals surface area contributed by atoms with Crippen molar-refractivity contribution in [2.45, 2.75) is 77.2 Å². The first-order valence-corrected chi connectivity index (χ1v) is 9.30. The summed E-state index contributed by atoms with van der Waals surface area (Å²) >= 11 is 0. The van der Waals surface area contributed by atoms with Crippen LogP contribution < -0.4 is 0 Å². The predicted octanol–water partition coefficient (Wildman–Crippen LogP) is 4.16. The van der Waals surface area contributed by atoms with Gasteiger partial charge in [0.15, 0.2) is 0 Å². The van der Waals surface area contributed by atoms with Crippen LogP contribution >= 0.6 is 0 Å². The molecule has 0 aliphatic heterocycles. The number of hydrogen-bond donors (Lipinski definition) is 2. The molecule has 3 nitrogen and oxygen atoms in total. The average Bonchev–Trinajstić information content (AvgIpc) is 2.63. The molecule has 4 aliphatic rings. The number of hydrogen-bond acceptors (Lipinski definition) is 2. The smallest absolute Gasteiger partial charge is 0.309 e. The maximum atomic E-state index is 12.0. The van der Waals surface area contributed by atoms with Crippen molar-refractivity contribution in [1.29, 1.82) is 0 Å². The SMILES string of the molecule is C=C1C[C@]23CC[C@@H]4[C@](C)(CCC[C@@]4(C)C(=O)O)[C@H]2CC[C@]1(O)C3. The van der Waals surface area contributed by atoms with E-state index >= 15 is 0 Å². The van der Waals surface area contributed by atoms with Crippen molar-refractivity contribution in [1.82, 2.24) is 0 Å². The Morgan fingerprint density at radius 3 is 2.52 bits per heavy atom. The molecule has 4 fully saturated rings. The van der Waals surface area contributed by atoms with Gasteiger partial charge in [0.2, 0.25) is 0 Å². The number of aliphatic carboxylic acids is 1. The van der Waals surface area contributed by atoms with Gasteiger partial charge in [-0.15, -0.1) is 0 Å². The van der Waals surface area contributed by atoms with Crippen molar-refractivity contribution in [3.63, 3.8) is 0 Å². The van der Waals surface area contributed by atoms with E-state index in [2.05, 4.69) is 13.5 Å². The lowest BCUT2D eigenvalue weighted by molar-refractivity contribution is -0.186. The van der Waals surface area contributed by atoms with Gasteiger partial charge in [-0.2, -0.15) is 0 Å². The Labute approximate surface area is 139 Å². The quantitative estimate of drug-likeness (QED) is 0.714. The average molecular weight is 318 g/mol. The largest absolute Gasteiger partial charge is 0.481 e. The molecule has 2 N–H and O–H groups in total. The Hall–Kier alpha value is -0.830. The first kappa shape index (κ1) is 15.7. The van der Waals surface area contributed by atoms with E-state index in [1.54, 1.807) is 0 Å². The minimum absolute atomic E-state index is 0.107. The highest BCUT2D eigenvalue weighted by Gasteiger charge is 2.67. The van der Waals surface area contributed by atoms with E-state index in [-0.39, 0.29) is 16.7 Å². The molecule has 0 unspecified atom stereocenters. The molecule has 6 atom stereocenters. The van der Waals surface area contributed by atoms with Crippen LogP contribution in [0.3, 0.4) is 0 Å². The summed E-state index contributed by atoms with van der Waals surface area (Å²) in [5.74, 6) is 0.219. The number of carboxylic acid groups (broad SMARTS) is 1. The Morgan fingerprint density at radius 2 is 1.83 bits per heavy atom. The van der Waals surface area contributed by atoms with Crippen molar-refractivity contribution in [2.75, 3.05) is 0 Å². The third kappa shape index (κ3) is 1.78. The molecule has 0 aromatic carbocycles. The van der Waals surface area contributed by atoms with Gasteiger partial charge in [-0.1, -0.05) is 19.9 Å². The predicted molar refractivity (Wildman–Crippen MR) is 88.9 cm³/mol. The van der Waals surface area contributed by atoms with Gasteiger partial charge in [0.25, 0.3) is 0 Å². The molecule has 4 rings (SSSR count). The molecule has 2 bridgehead atoms. The zero-order valence-electron chi connectivity index (χ0n) is 14.5. The van der Waals surface area contributed by atoms with Gasteiger partial charge >= 0.3 is 5.97 Å². The van der Waals surface area contributed by atoms with E-state index in [4.69, 9.17) is 0 Å². The standard InChI is InChI=1S/C20H30O3/c1-13-11-19-9-5-14-17(2,7-4-8-18(14,3)16(21)22)15(19)6-10-20(13,23)12-19/h14-15,23H,1,4-12H2,2-3H3,(H,21,22)/t14-,15-,17+,18-,19+,20+/m1/s1. The fraction of sp³-hybridized carbons (Fsp3) is 0.850. The summed E-state index contributed by atoms with van der Waals surface area (Å²) in [6, 6.07) is 0. The van der Waals surface area contributed by atoms with E-state index < -0.39 is 17.0 Å². The maximum Gasteiger partial charge on any atom is 0.309 e. The van der Waals surface area contributed by atoms with E-state index in [0.717, 1.165) is 63.4 Å². The van der Waals surface area contributed by atoms with Crippen molar-refractivity contribution in [3.05, 3.63) is 12.2 Å². The number of fused-ring (bicyclic) bond motifs is 3. The molecular formula is C20H30O3. The third-order valence-electron chi connectivity index (χ3n) is 8.65. The molecule has 4 aliphatic carbocycles. The van der Waals surface area contributed by atoms with E-state index in [1.165, 1.54) is 0 Å². The van der Waals surface area contributed by atoms with Crippen LogP contribution in [0.2, 0.25) is 0 Å². The Balaban J connectivity index is 1.76. The van der Waals surface area contributed by atoms with Crippen LogP contribution in [0.1, 0.15) is 71.6 Å². The second kappa shape index (κ2) is 4.41. The van der Waals surface area contributed by atoms with Gasteiger partial charge in [0.05, 0.1) is 11.0 Å². The summed E-state index contributed by atoms with van der Waals surface area (Å²) in [5, 5.41) is 20.8. The summed E-state index contributed by atoms with van der Waals surface area (Å²) in [5.41, 5.74) is 0.128. The minimum atomic E-state index is -0.634. The Bertz CT molecular complexity index is 583. The zero-order chi connectivity index (χ0) is 16.7. The normalized spacial score (nSPS) is 55.2. The number of carboxylic acids is 1. The number of rotatable bonds is 1. The van der Waals surface area contributed by atoms with Crippen molar-refractivity contribution >= 4 is 5.97 Å². The molecule has 4 saturated carbocycles. The molecule has 0 amide bonds. The van der Waals surface area contributed by atoms with Crippen molar-refractivity contribution in [2.24, 2.45) is 28.1 Å². The van der Waals surface area contributed by atoms with Gasteiger partial charge < -0.3 is 10.2 Å². The molecule has 0 heterocycles. The number of carbonyl (C=O) groups is 1. The van der Waals surface area contributed by atoms with Gasteiger partial charge in [0.1, 0.15) is 0 Å². The van der Waals surface area contributed by atoms with E-state index in [9.17, 15) is 15.0 Å². The van der Waals surface area contributed by atoms with Crippen LogP contribution in [-0.2, 0) is 4.79 Å². The summed E-state index contributed by atoms with van der Waals surface area (Å²) in [7, 11) is 0. The second-order valence-corrected chi connectivity index (χ2v) is 9.62. The van der Waals surface area contributed by atoms with Gasteiger partial charge in [-0.05, 0) is 86.5 Å². The first-order valence-electron chi connectivity index (χ1n) is 9.30. The highest BCUT2D eigenvalue weighted by molar-refractivity contribution is 5.75. The van der Waals surface area contributed by atoms with Crippen LogP contribution in [0.25, 0.3) is 0 Å². The van der Waals surface area contributed by atoms with Crippen LogP contribution in [0, 0.1) is 28.1 Å². The zero-order valence-corrected chi connectivity index (χ0v) is 14.5. The Kier molecular flexibility index (Phi) is 3.01. The maximum absolute atomic E-state index is 12.0. The first-order chi connectivity index (χ1) is 10.7. The molecule has 3 heteroatoms. The summed E-state index contributed by atoms with van der Waals surface area (Å²) < 4.78 is 0. The van der Waals surface area contributed by atoms with Gasteiger partial charge in [0, 0.05) is 0 Å². The molecule has 23 heavy (non-hydrogen) atoms. The van der Waals surface area contributed by atoms with Crippen LogP contribution in [0.15, 0.2) is 12.2 Å². The summed E-state index contributed by atoms with van der Waals surface area (Å²) in [6.07, 6.45) is 8.75. The molecule has 0 aromatic heterocycles. The molecule has 128 valence electrons. The highest BCUT2D eigenvalue weighted by Crippen LogP contribution is 2.72. The minimum Gasteiger partial charge on any atom is -0.481 e. The lowest BCUT2D eigenvalue weighted by Gasteiger charge is -2.63. The summed E-state index contributed by atoms with van der Waals surface area (Å²) in [4.78, 5) is 12.0. The summed E-state index contributed by atoms with van der Waals surface area (Å²) in [6.45, 7) is 8.55. The van der Waals surface area contributed by atoms with Gasteiger partial charge in [-0.25, -0.2) is 0 Å². The fourth-order valence-corrected chi connectivity index (χ4v) is 7.61. The van der Waals surface area contributed by atoms with Crippen LogP contribution in [-0.4, -0.2) is 21.8 Å². The molecule has 1 spiro atoms. The monoisotopic (exact) mass is 318 g/mol. The van der Waals surface area contributed by atoms with Gasteiger partial charge in [-0.3, -0.25) is 4.79 Å². The third-order valence-corrected chi connectivity index (χ3v) is 8.65. The van der Waals surface area contributed by atoms with Crippen LogP contribution in [0.4, 0.5) is 0 Å². The molecule has 0 aromatic rings. The molecule has 0 radical (unpaired) electrons. The molecular weight excluding hydrogens is 288 g/mol. The van der Waals surface area contributed by atoms with Crippen molar-refractivity contribution in [3.8, 4) is 0 Å². The molecule has 0 saturated heterocycles. The van der Waals surface area contributed by atoms with Crippen molar-refractivity contribution < 1.29 is 15.0 Å². The topological polar surface area (TPSA) is 57.5 Å². The van der Waals surface area contributed by atoms with E-state index in [1.807, 2.05) is 6.92 Å². The number of aliphatic hydroxyl groups is 1. The van der Waals surface area contributed by atoms with E-state index in [0.29, 0.717) is 5.92 Å². The Morgan fingerprint density at radius 1 is 1.13 bits per heavy atom. The fourth-order valence-electron chi connectivity index (χ4n) is 7.61.